The number of rotatable bonds is 2. The van der Waals surface area contributed by atoms with E-state index >= 15 is 0 Å². The minimum Gasteiger partial charge on any atom is -0.292 e. The molecule has 4 heteroatoms. The summed E-state index contributed by atoms with van der Waals surface area (Å²) in [7, 11) is 0. The molecule has 94 valence electrons. The third kappa shape index (κ3) is 1.91. The summed E-state index contributed by atoms with van der Waals surface area (Å²) in [5.74, 6) is 0.666. The molecule has 0 bridgehead atoms. The van der Waals surface area contributed by atoms with Crippen LogP contribution in [0.1, 0.15) is 6.92 Å². The molecule has 0 aliphatic heterocycles. The lowest BCUT2D eigenvalue weighted by Crippen LogP contribution is -2.22. The lowest BCUT2D eigenvalue weighted by Gasteiger charge is -2.11. The topological polar surface area (TPSA) is 47.8 Å². The zero-order valence-corrected chi connectivity index (χ0v) is 10.6. The predicted molar refractivity (Wildman–Crippen MR) is 74.9 cm³/mol. The van der Waals surface area contributed by atoms with Crippen molar-refractivity contribution in [3.8, 4) is 11.4 Å². The van der Waals surface area contributed by atoms with Gasteiger partial charge in [0.2, 0.25) is 0 Å². The van der Waals surface area contributed by atoms with Crippen LogP contribution in [0, 0.1) is 0 Å². The van der Waals surface area contributed by atoms with Gasteiger partial charge in [-0.3, -0.25) is 9.36 Å². The van der Waals surface area contributed by atoms with Gasteiger partial charge in [-0.25, -0.2) is 9.97 Å². The Bertz CT molecular complexity index is 778. The Morgan fingerprint density at radius 3 is 2.63 bits per heavy atom. The van der Waals surface area contributed by atoms with Gasteiger partial charge in [-0.2, -0.15) is 0 Å². The molecule has 2 heterocycles. The highest BCUT2D eigenvalue weighted by Gasteiger charge is 2.11. The summed E-state index contributed by atoms with van der Waals surface area (Å²) >= 11 is 0. The molecule has 0 saturated heterocycles. The van der Waals surface area contributed by atoms with Crippen LogP contribution in [0.25, 0.3) is 22.4 Å². The first kappa shape index (κ1) is 11.6. The number of hydrogen-bond acceptors (Lipinski definition) is 3. The van der Waals surface area contributed by atoms with Gasteiger partial charge in [0.05, 0.1) is 5.39 Å². The maximum Gasteiger partial charge on any atom is 0.263 e. The van der Waals surface area contributed by atoms with Crippen molar-refractivity contribution >= 4 is 11.0 Å². The fourth-order valence-electron chi connectivity index (χ4n) is 2.16. The Morgan fingerprint density at radius 2 is 1.89 bits per heavy atom. The molecule has 0 spiro atoms. The van der Waals surface area contributed by atoms with E-state index < -0.39 is 0 Å². The fraction of sp³-hybridized carbons (Fsp3) is 0.133. The monoisotopic (exact) mass is 251 g/mol. The molecule has 0 N–H and O–H groups in total. The number of nitrogens with zero attached hydrogens (tertiary/aromatic N) is 3. The molecule has 19 heavy (non-hydrogen) atoms. The van der Waals surface area contributed by atoms with Crippen LogP contribution in [0.4, 0.5) is 0 Å². The molecule has 4 nitrogen and oxygen atoms in total. The highest BCUT2D eigenvalue weighted by molar-refractivity contribution is 5.75. The minimum absolute atomic E-state index is 0.0422. The number of aromatic nitrogens is 3. The molecule has 0 saturated carbocycles. The van der Waals surface area contributed by atoms with E-state index in [0.717, 1.165) is 5.56 Å². The van der Waals surface area contributed by atoms with E-state index in [0.29, 0.717) is 23.4 Å². The van der Waals surface area contributed by atoms with Crippen molar-refractivity contribution in [2.45, 2.75) is 13.5 Å². The quantitative estimate of drug-likeness (QED) is 0.703. The molecule has 1 aromatic carbocycles. The van der Waals surface area contributed by atoms with Crippen molar-refractivity contribution < 1.29 is 0 Å². The smallest absolute Gasteiger partial charge is 0.263 e. The molecule has 0 atom stereocenters. The second-order valence-corrected chi connectivity index (χ2v) is 4.23. The molecule has 0 radical (unpaired) electrons. The Hall–Kier alpha value is -2.49. The van der Waals surface area contributed by atoms with Crippen LogP contribution in [0.15, 0.2) is 53.5 Å². The second kappa shape index (κ2) is 4.65. The van der Waals surface area contributed by atoms with Crippen LogP contribution in [-0.4, -0.2) is 14.5 Å². The number of pyridine rings is 1. The minimum atomic E-state index is -0.0422. The first-order valence-corrected chi connectivity index (χ1v) is 6.22. The SMILES string of the molecule is CCn1c(-c2ccccc2)nc2ncccc2c1=O. The average Bonchev–Trinajstić information content (AvgIpc) is 2.48. The van der Waals surface area contributed by atoms with Crippen molar-refractivity contribution in [1.29, 1.82) is 0 Å². The van der Waals surface area contributed by atoms with Gasteiger partial charge >= 0.3 is 0 Å². The Balaban J connectivity index is 2.39. The van der Waals surface area contributed by atoms with Gasteiger partial charge < -0.3 is 0 Å². The second-order valence-electron chi connectivity index (χ2n) is 4.23. The van der Waals surface area contributed by atoms with Gasteiger partial charge in [0, 0.05) is 18.3 Å². The molecule has 0 aliphatic rings. The third-order valence-corrected chi connectivity index (χ3v) is 3.08. The van der Waals surface area contributed by atoms with Crippen LogP contribution < -0.4 is 5.56 Å². The summed E-state index contributed by atoms with van der Waals surface area (Å²) in [6, 6.07) is 13.2. The van der Waals surface area contributed by atoms with Gasteiger partial charge in [-0.05, 0) is 19.1 Å². The molecular formula is C15H13N3O. The first-order chi connectivity index (χ1) is 9.31. The highest BCUT2D eigenvalue weighted by Crippen LogP contribution is 2.17. The van der Waals surface area contributed by atoms with E-state index in [1.54, 1.807) is 22.9 Å². The van der Waals surface area contributed by atoms with E-state index in [-0.39, 0.29) is 5.56 Å². The average molecular weight is 251 g/mol. The van der Waals surface area contributed by atoms with E-state index in [2.05, 4.69) is 9.97 Å². The van der Waals surface area contributed by atoms with Gasteiger partial charge in [0.1, 0.15) is 5.82 Å². The van der Waals surface area contributed by atoms with E-state index in [1.807, 2.05) is 37.3 Å². The number of hydrogen-bond donors (Lipinski definition) is 0. The summed E-state index contributed by atoms with van der Waals surface area (Å²) in [6.07, 6.45) is 1.65. The molecule has 0 amide bonds. The predicted octanol–water partition coefficient (Wildman–Crippen LogP) is 2.48. The summed E-state index contributed by atoms with van der Waals surface area (Å²) in [5, 5.41) is 0.559. The van der Waals surface area contributed by atoms with Crippen LogP contribution in [0.3, 0.4) is 0 Å². The molecule has 2 aromatic heterocycles. The van der Waals surface area contributed by atoms with E-state index in [1.165, 1.54) is 0 Å². The van der Waals surface area contributed by atoms with Gasteiger partial charge in [0.15, 0.2) is 5.65 Å². The van der Waals surface area contributed by atoms with Crippen LogP contribution in [0.2, 0.25) is 0 Å². The van der Waals surface area contributed by atoms with Crippen molar-refractivity contribution in [2.75, 3.05) is 0 Å². The summed E-state index contributed by atoms with van der Waals surface area (Å²) in [5.41, 5.74) is 1.38. The van der Waals surface area contributed by atoms with Gasteiger partial charge in [0.25, 0.3) is 5.56 Å². The Labute approximate surface area is 110 Å². The fourth-order valence-corrected chi connectivity index (χ4v) is 2.16. The first-order valence-electron chi connectivity index (χ1n) is 6.22. The van der Waals surface area contributed by atoms with Crippen LogP contribution >= 0.6 is 0 Å². The standard InChI is InChI=1S/C15H13N3O/c1-2-18-14(11-7-4-3-5-8-11)17-13-12(15(18)19)9-6-10-16-13/h3-10H,2H2,1H3. The zero-order chi connectivity index (χ0) is 13.2. The van der Waals surface area contributed by atoms with E-state index in [4.69, 9.17) is 0 Å². The lowest BCUT2D eigenvalue weighted by molar-refractivity contribution is 0.727. The maximum atomic E-state index is 12.4. The molecule has 0 unspecified atom stereocenters. The molecule has 3 rings (SSSR count). The summed E-state index contributed by atoms with van der Waals surface area (Å²) < 4.78 is 1.68. The van der Waals surface area contributed by atoms with E-state index in [9.17, 15) is 4.79 Å². The Kier molecular flexibility index (Phi) is 2.83. The van der Waals surface area contributed by atoms with Crippen molar-refractivity contribution in [2.24, 2.45) is 0 Å². The lowest BCUT2D eigenvalue weighted by atomic mass is 10.2. The van der Waals surface area contributed by atoms with Crippen molar-refractivity contribution in [3.63, 3.8) is 0 Å². The van der Waals surface area contributed by atoms with Crippen LogP contribution in [0.5, 0.6) is 0 Å². The normalized spacial score (nSPS) is 10.8. The molecular weight excluding hydrogens is 238 g/mol. The summed E-state index contributed by atoms with van der Waals surface area (Å²) in [4.78, 5) is 21.1. The maximum absolute atomic E-state index is 12.4. The highest BCUT2D eigenvalue weighted by atomic mass is 16.1. The Morgan fingerprint density at radius 1 is 1.11 bits per heavy atom. The molecule has 0 fully saturated rings. The van der Waals surface area contributed by atoms with Gasteiger partial charge in [-0.15, -0.1) is 0 Å². The molecule has 0 aliphatic carbocycles. The van der Waals surface area contributed by atoms with Gasteiger partial charge in [-0.1, -0.05) is 30.3 Å². The summed E-state index contributed by atoms with van der Waals surface area (Å²) in [6.45, 7) is 2.53. The van der Waals surface area contributed by atoms with Crippen molar-refractivity contribution in [3.05, 3.63) is 59.0 Å². The number of fused-ring (bicyclic) bond motifs is 1. The molecule has 3 aromatic rings. The number of benzene rings is 1. The largest absolute Gasteiger partial charge is 0.292 e. The third-order valence-electron chi connectivity index (χ3n) is 3.08. The zero-order valence-electron chi connectivity index (χ0n) is 10.6. The van der Waals surface area contributed by atoms with Crippen molar-refractivity contribution in [1.82, 2.24) is 14.5 Å². The van der Waals surface area contributed by atoms with Crippen LogP contribution in [-0.2, 0) is 6.54 Å².